The SMILES string of the molecule is CCN(CC)C(=O)C1=C(C)N=c2s/c(=C\c3cc([N+](=O)[O-])ccc3N3CCN(C)CC3)c(=O)n2[C@H]1c1c(OC)ccc2ccccc12. The quantitative estimate of drug-likeness (QED) is 0.209. The fourth-order valence-corrected chi connectivity index (χ4v) is 7.57. The average Bonchev–Trinajstić information content (AvgIpc) is 3.38. The fraction of sp³-hybridized carbons (Fsp3) is 0.343. The van der Waals surface area contributed by atoms with Crippen molar-refractivity contribution in [3.63, 3.8) is 0 Å². The van der Waals surface area contributed by atoms with Crippen molar-refractivity contribution in [2.45, 2.75) is 26.8 Å². The number of anilines is 1. The number of non-ortho nitro benzene ring substituents is 1. The average molecular weight is 655 g/mol. The van der Waals surface area contributed by atoms with Crippen LogP contribution in [0.2, 0.25) is 0 Å². The van der Waals surface area contributed by atoms with Gasteiger partial charge in [0, 0.05) is 68.2 Å². The summed E-state index contributed by atoms with van der Waals surface area (Å²) in [5.74, 6) is 0.361. The van der Waals surface area contributed by atoms with Crippen molar-refractivity contribution >= 4 is 45.5 Å². The lowest BCUT2D eigenvalue weighted by atomic mass is 9.90. The number of thiazole rings is 1. The zero-order valence-corrected chi connectivity index (χ0v) is 28.0. The Kier molecular flexibility index (Phi) is 8.98. The molecule has 1 saturated heterocycles. The monoisotopic (exact) mass is 654 g/mol. The van der Waals surface area contributed by atoms with Gasteiger partial charge in [-0.1, -0.05) is 41.7 Å². The highest BCUT2D eigenvalue weighted by molar-refractivity contribution is 7.07. The van der Waals surface area contributed by atoms with E-state index in [0.717, 1.165) is 42.6 Å². The zero-order chi connectivity index (χ0) is 33.4. The summed E-state index contributed by atoms with van der Waals surface area (Å²) in [5.41, 5.74) is 2.68. The number of nitrogens with zero attached hydrogens (tertiary/aromatic N) is 6. The second-order valence-electron chi connectivity index (χ2n) is 11.8. The molecule has 0 aliphatic carbocycles. The number of piperazine rings is 1. The van der Waals surface area contributed by atoms with Crippen molar-refractivity contribution in [2.75, 3.05) is 58.3 Å². The molecule has 2 aliphatic rings. The second kappa shape index (κ2) is 13.1. The Morgan fingerprint density at radius 2 is 1.83 bits per heavy atom. The highest BCUT2D eigenvalue weighted by Gasteiger charge is 2.37. The Balaban J connectivity index is 1.62. The van der Waals surface area contributed by atoms with Crippen LogP contribution in [0.25, 0.3) is 16.8 Å². The molecule has 3 aromatic carbocycles. The van der Waals surface area contributed by atoms with Crippen LogP contribution in [0.4, 0.5) is 11.4 Å². The number of hydrogen-bond donors (Lipinski definition) is 0. The number of hydrogen-bond acceptors (Lipinski definition) is 9. The molecule has 0 bridgehead atoms. The number of amides is 1. The largest absolute Gasteiger partial charge is 0.496 e. The van der Waals surface area contributed by atoms with Gasteiger partial charge in [0.25, 0.3) is 17.2 Å². The predicted octanol–water partition coefficient (Wildman–Crippen LogP) is 3.93. The van der Waals surface area contributed by atoms with Crippen LogP contribution >= 0.6 is 11.3 Å². The Morgan fingerprint density at radius 1 is 1.11 bits per heavy atom. The minimum Gasteiger partial charge on any atom is -0.496 e. The van der Waals surface area contributed by atoms with Gasteiger partial charge in [-0.15, -0.1) is 0 Å². The Hall–Kier alpha value is -4.81. The molecular weight excluding hydrogens is 616 g/mol. The Bertz CT molecular complexity index is 2090. The molecule has 1 atom stereocenters. The molecule has 4 aromatic rings. The Labute approximate surface area is 276 Å². The molecular formula is C35H38N6O5S. The van der Waals surface area contributed by atoms with E-state index in [1.807, 2.05) is 57.2 Å². The molecule has 0 unspecified atom stereocenters. The molecule has 0 saturated carbocycles. The summed E-state index contributed by atoms with van der Waals surface area (Å²) in [4.78, 5) is 51.7. The summed E-state index contributed by atoms with van der Waals surface area (Å²) in [6, 6.07) is 15.7. The molecule has 244 valence electrons. The maximum atomic E-state index is 14.6. The number of carbonyl (C=O) groups excluding carboxylic acids is 1. The number of carbonyl (C=O) groups is 1. The first-order chi connectivity index (χ1) is 22.7. The van der Waals surface area contributed by atoms with Crippen LogP contribution in [0, 0.1) is 10.1 Å². The third-order valence-corrected chi connectivity index (χ3v) is 10.1. The van der Waals surface area contributed by atoms with Gasteiger partial charge in [-0.25, -0.2) is 4.99 Å². The first-order valence-electron chi connectivity index (χ1n) is 15.8. The van der Waals surface area contributed by atoms with E-state index in [2.05, 4.69) is 16.8 Å². The van der Waals surface area contributed by atoms with Crippen LogP contribution in [-0.2, 0) is 4.79 Å². The lowest BCUT2D eigenvalue weighted by molar-refractivity contribution is -0.384. The lowest BCUT2D eigenvalue weighted by Crippen LogP contribution is -2.44. The van der Waals surface area contributed by atoms with Crippen molar-refractivity contribution in [1.82, 2.24) is 14.4 Å². The molecule has 1 aromatic heterocycles. The number of rotatable bonds is 8. The minimum atomic E-state index is -0.815. The predicted molar refractivity (Wildman–Crippen MR) is 185 cm³/mol. The number of methoxy groups -OCH3 is 1. The highest BCUT2D eigenvalue weighted by Crippen LogP contribution is 2.40. The number of likely N-dealkylation sites (N-methyl/N-ethyl adjacent to an activating group) is 2. The van der Waals surface area contributed by atoms with Crippen molar-refractivity contribution in [1.29, 1.82) is 0 Å². The summed E-state index contributed by atoms with van der Waals surface area (Å²) in [5, 5.41) is 13.6. The van der Waals surface area contributed by atoms with Crippen molar-refractivity contribution in [3.05, 3.63) is 107 Å². The molecule has 0 radical (unpaired) electrons. The topological polar surface area (TPSA) is 114 Å². The van der Waals surface area contributed by atoms with Crippen molar-refractivity contribution < 1.29 is 14.5 Å². The third kappa shape index (κ3) is 5.83. The molecule has 47 heavy (non-hydrogen) atoms. The van der Waals surface area contributed by atoms with Gasteiger partial charge in [0.05, 0.1) is 27.8 Å². The summed E-state index contributed by atoms with van der Waals surface area (Å²) >= 11 is 1.21. The molecule has 1 fully saturated rings. The van der Waals surface area contributed by atoms with E-state index in [9.17, 15) is 19.7 Å². The molecule has 1 amide bonds. The lowest BCUT2D eigenvalue weighted by Gasteiger charge is -2.34. The molecule has 6 rings (SSSR count). The van der Waals surface area contributed by atoms with E-state index in [4.69, 9.17) is 9.73 Å². The molecule has 12 heteroatoms. The second-order valence-corrected chi connectivity index (χ2v) is 12.8. The number of allylic oxidation sites excluding steroid dienone is 1. The molecule has 2 aliphatic heterocycles. The maximum absolute atomic E-state index is 14.6. The number of benzene rings is 3. The number of nitro groups is 1. The first-order valence-corrected chi connectivity index (χ1v) is 16.6. The standard InChI is InChI=1S/C35H38N6O5S/c1-6-38(7-2)34(43)30-22(3)36-35-40(32(30)31-26-11-9-8-10-23(26)12-15-28(31)46-5)33(42)29(47-35)21-24-20-25(41(44)45)13-14-27(24)39-18-16-37(4)17-19-39/h8-15,20-21,32H,6-7,16-19H2,1-5H3/b29-21-/t32-/m1/s1. The minimum absolute atomic E-state index is 0.0526. The van der Waals surface area contributed by atoms with E-state index >= 15 is 0 Å². The first kappa shape index (κ1) is 32.1. The molecule has 3 heterocycles. The Morgan fingerprint density at radius 3 is 2.51 bits per heavy atom. The van der Waals surface area contributed by atoms with Gasteiger partial charge < -0.3 is 19.4 Å². The van der Waals surface area contributed by atoms with Crippen LogP contribution in [-0.4, -0.2) is 78.6 Å². The van der Waals surface area contributed by atoms with Gasteiger partial charge in [0.15, 0.2) is 4.80 Å². The van der Waals surface area contributed by atoms with Gasteiger partial charge in [0.2, 0.25) is 0 Å². The normalized spacial score (nSPS) is 17.1. The van der Waals surface area contributed by atoms with E-state index in [-0.39, 0.29) is 17.2 Å². The van der Waals surface area contributed by atoms with E-state index < -0.39 is 11.0 Å². The van der Waals surface area contributed by atoms with Gasteiger partial charge >= 0.3 is 0 Å². The number of fused-ring (bicyclic) bond motifs is 2. The van der Waals surface area contributed by atoms with E-state index in [1.54, 1.807) is 28.7 Å². The van der Waals surface area contributed by atoms with Crippen molar-refractivity contribution in [2.24, 2.45) is 4.99 Å². The molecule has 0 N–H and O–H groups in total. The van der Waals surface area contributed by atoms with Crippen molar-refractivity contribution in [3.8, 4) is 5.75 Å². The zero-order valence-electron chi connectivity index (χ0n) is 27.2. The summed E-state index contributed by atoms with van der Waals surface area (Å²) < 4.78 is 7.86. The number of ether oxygens (including phenoxy) is 1. The van der Waals surface area contributed by atoms with Crippen LogP contribution < -0.4 is 24.5 Å². The van der Waals surface area contributed by atoms with Gasteiger partial charge in [0.1, 0.15) is 11.8 Å². The van der Waals surface area contributed by atoms with Crippen LogP contribution in [0.5, 0.6) is 5.75 Å². The van der Waals surface area contributed by atoms with Crippen LogP contribution in [0.1, 0.15) is 37.9 Å². The van der Waals surface area contributed by atoms with Gasteiger partial charge in [-0.3, -0.25) is 24.3 Å². The molecule has 0 spiro atoms. The third-order valence-electron chi connectivity index (χ3n) is 9.08. The number of aromatic nitrogens is 1. The summed E-state index contributed by atoms with van der Waals surface area (Å²) in [6.45, 7) is 9.89. The summed E-state index contributed by atoms with van der Waals surface area (Å²) in [6.07, 6.45) is 1.73. The van der Waals surface area contributed by atoms with Gasteiger partial charge in [-0.2, -0.15) is 0 Å². The molecule has 11 nitrogen and oxygen atoms in total. The van der Waals surface area contributed by atoms with Crippen LogP contribution in [0.3, 0.4) is 0 Å². The van der Waals surface area contributed by atoms with E-state index in [1.165, 1.54) is 23.5 Å². The smallest absolute Gasteiger partial charge is 0.271 e. The fourth-order valence-electron chi connectivity index (χ4n) is 6.53. The number of nitro benzene ring substituents is 1. The highest BCUT2D eigenvalue weighted by atomic mass is 32.1. The maximum Gasteiger partial charge on any atom is 0.271 e. The summed E-state index contributed by atoms with van der Waals surface area (Å²) in [7, 11) is 3.65. The van der Waals surface area contributed by atoms with Crippen LogP contribution in [0.15, 0.2) is 75.7 Å². The van der Waals surface area contributed by atoms with E-state index in [0.29, 0.717) is 50.6 Å². The van der Waals surface area contributed by atoms with Gasteiger partial charge in [-0.05, 0) is 56.8 Å².